The maximum atomic E-state index is 12.2. The van der Waals surface area contributed by atoms with Crippen LogP contribution in [0, 0.1) is 6.92 Å². The van der Waals surface area contributed by atoms with Crippen LogP contribution < -0.4 is 0 Å². The van der Waals surface area contributed by atoms with Gasteiger partial charge >= 0.3 is 5.97 Å². The fraction of sp³-hybridized carbons (Fsp3) is 0.333. The third-order valence-corrected chi connectivity index (χ3v) is 4.80. The SMILES string of the molecule is COC(=O)c1c(C)n(C)c2c(-c3cnn(C4COC4)c3)cccc12. The lowest BCUT2D eigenvalue weighted by molar-refractivity contribution is -0.0286. The van der Waals surface area contributed by atoms with Crippen LogP contribution in [0.4, 0.5) is 0 Å². The lowest BCUT2D eigenvalue weighted by Gasteiger charge is -2.25. The van der Waals surface area contributed by atoms with Crippen LogP contribution >= 0.6 is 0 Å². The number of hydrogen-bond donors (Lipinski definition) is 0. The van der Waals surface area contributed by atoms with Crippen LogP contribution in [0.5, 0.6) is 0 Å². The molecule has 0 aliphatic carbocycles. The molecule has 2 aromatic heterocycles. The van der Waals surface area contributed by atoms with E-state index in [1.807, 2.05) is 47.7 Å². The van der Waals surface area contributed by atoms with Crippen molar-refractivity contribution >= 4 is 16.9 Å². The number of carbonyl (C=O) groups is 1. The van der Waals surface area contributed by atoms with Crippen molar-refractivity contribution in [2.75, 3.05) is 20.3 Å². The number of nitrogens with zero attached hydrogens (tertiary/aromatic N) is 3. The molecule has 1 aromatic carbocycles. The molecule has 124 valence electrons. The zero-order valence-corrected chi connectivity index (χ0v) is 13.9. The Morgan fingerprint density at radius 2 is 2.17 bits per heavy atom. The fourth-order valence-corrected chi connectivity index (χ4v) is 3.28. The zero-order valence-electron chi connectivity index (χ0n) is 13.9. The van der Waals surface area contributed by atoms with Gasteiger partial charge in [0.2, 0.25) is 0 Å². The molecular formula is C18H19N3O3. The third kappa shape index (κ3) is 2.06. The summed E-state index contributed by atoms with van der Waals surface area (Å²) in [5.74, 6) is -0.308. The standard InChI is InChI=1S/C18H19N3O3/c1-11-16(18(22)23-3)15-6-4-5-14(17(15)20(11)2)12-7-19-21(8-12)13-9-24-10-13/h4-8,13H,9-10H2,1-3H3. The van der Waals surface area contributed by atoms with Crippen molar-refractivity contribution in [3.63, 3.8) is 0 Å². The zero-order chi connectivity index (χ0) is 16.8. The maximum absolute atomic E-state index is 12.2. The lowest BCUT2D eigenvalue weighted by atomic mass is 10.0. The first-order valence-corrected chi connectivity index (χ1v) is 7.90. The Labute approximate surface area is 139 Å². The number of benzene rings is 1. The van der Waals surface area contributed by atoms with Gasteiger partial charge in [-0.25, -0.2) is 4.79 Å². The molecule has 0 N–H and O–H groups in total. The highest BCUT2D eigenvalue weighted by Gasteiger charge is 2.24. The van der Waals surface area contributed by atoms with Gasteiger partial charge in [-0.2, -0.15) is 5.10 Å². The average Bonchev–Trinajstić information content (AvgIpc) is 3.10. The molecule has 6 nitrogen and oxygen atoms in total. The normalized spacial score (nSPS) is 14.8. The van der Waals surface area contributed by atoms with Gasteiger partial charge in [0.05, 0.1) is 43.6 Å². The Balaban J connectivity index is 1.90. The molecule has 0 atom stereocenters. The molecule has 0 amide bonds. The van der Waals surface area contributed by atoms with E-state index in [0.29, 0.717) is 24.8 Å². The van der Waals surface area contributed by atoms with E-state index in [2.05, 4.69) is 11.2 Å². The van der Waals surface area contributed by atoms with Crippen molar-refractivity contribution in [2.24, 2.45) is 7.05 Å². The van der Waals surface area contributed by atoms with Crippen molar-refractivity contribution < 1.29 is 14.3 Å². The van der Waals surface area contributed by atoms with Crippen LogP contribution in [-0.2, 0) is 16.5 Å². The van der Waals surface area contributed by atoms with E-state index in [9.17, 15) is 4.79 Å². The fourth-order valence-electron chi connectivity index (χ4n) is 3.28. The number of esters is 1. The Kier molecular flexibility index (Phi) is 3.42. The second-order valence-electron chi connectivity index (χ2n) is 6.11. The first-order chi connectivity index (χ1) is 11.6. The largest absolute Gasteiger partial charge is 0.465 e. The van der Waals surface area contributed by atoms with E-state index in [1.54, 1.807) is 0 Å². The van der Waals surface area contributed by atoms with Gasteiger partial charge in [0.1, 0.15) is 0 Å². The predicted octanol–water partition coefficient (Wildman–Crippen LogP) is 2.71. The van der Waals surface area contributed by atoms with Crippen LogP contribution in [0.25, 0.3) is 22.0 Å². The Morgan fingerprint density at radius 3 is 2.83 bits per heavy atom. The van der Waals surface area contributed by atoms with Crippen molar-refractivity contribution in [1.29, 1.82) is 0 Å². The minimum Gasteiger partial charge on any atom is -0.465 e. The predicted molar refractivity (Wildman–Crippen MR) is 90.1 cm³/mol. The summed E-state index contributed by atoms with van der Waals surface area (Å²) in [5.41, 5.74) is 4.62. The van der Waals surface area contributed by atoms with Crippen LogP contribution in [-0.4, -0.2) is 40.6 Å². The first-order valence-electron chi connectivity index (χ1n) is 7.90. The number of rotatable bonds is 3. The highest BCUT2D eigenvalue weighted by molar-refractivity contribution is 6.09. The van der Waals surface area contributed by atoms with Gasteiger partial charge in [0.15, 0.2) is 0 Å². The third-order valence-electron chi connectivity index (χ3n) is 4.80. The molecule has 0 saturated carbocycles. The molecule has 3 heterocycles. The molecule has 0 bridgehead atoms. The number of para-hydroxylation sites is 1. The average molecular weight is 325 g/mol. The van der Waals surface area contributed by atoms with Gasteiger partial charge in [0, 0.05) is 35.5 Å². The number of hydrogen-bond acceptors (Lipinski definition) is 4. The summed E-state index contributed by atoms with van der Waals surface area (Å²) in [5, 5.41) is 5.37. The summed E-state index contributed by atoms with van der Waals surface area (Å²) >= 11 is 0. The molecule has 24 heavy (non-hydrogen) atoms. The number of aromatic nitrogens is 3. The number of ether oxygens (including phenoxy) is 2. The van der Waals surface area contributed by atoms with Gasteiger partial charge in [-0.3, -0.25) is 4.68 Å². The van der Waals surface area contributed by atoms with Crippen molar-refractivity contribution in [2.45, 2.75) is 13.0 Å². The van der Waals surface area contributed by atoms with Crippen molar-refractivity contribution in [3.05, 3.63) is 41.9 Å². The van der Waals surface area contributed by atoms with Gasteiger partial charge in [0.25, 0.3) is 0 Å². The van der Waals surface area contributed by atoms with E-state index in [0.717, 1.165) is 27.7 Å². The number of aryl methyl sites for hydroxylation is 1. The molecular weight excluding hydrogens is 306 g/mol. The number of methoxy groups -OCH3 is 1. The summed E-state index contributed by atoms with van der Waals surface area (Å²) in [6.45, 7) is 3.35. The summed E-state index contributed by atoms with van der Waals surface area (Å²) in [7, 11) is 3.38. The monoisotopic (exact) mass is 325 g/mol. The minimum atomic E-state index is -0.308. The van der Waals surface area contributed by atoms with Crippen molar-refractivity contribution in [1.82, 2.24) is 14.3 Å². The number of carbonyl (C=O) groups excluding carboxylic acids is 1. The quantitative estimate of drug-likeness (QED) is 0.695. The molecule has 0 spiro atoms. The molecule has 0 radical (unpaired) electrons. The van der Waals surface area contributed by atoms with Gasteiger partial charge < -0.3 is 14.0 Å². The molecule has 4 rings (SSSR count). The highest BCUT2D eigenvalue weighted by atomic mass is 16.5. The Bertz CT molecular complexity index is 935. The highest BCUT2D eigenvalue weighted by Crippen LogP contribution is 2.34. The van der Waals surface area contributed by atoms with E-state index >= 15 is 0 Å². The second-order valence-corrected chi connectivity index (χ2v) is 6.11. The molecule has 6 heteroatoms. The van der Waals surface area contributed by atoms with Gasteiger partial charge in [-0.05, 0) is 6.92 Å². The topological polar surface area (TPSA) is 58.3 Å². The first kappa shape index (κ1) is 15.0. The maximum Gasteiger partial charge on any atom is 0.340 e. The van der Waals surface area contributed by atoms with Crippen LogP contribution in [0.2, 0.25) is 0 Å². The molecule has 1 aliphatic rings. The van der Waals surface area contributed by atoms with Gasteiger partial charge in [-0.1, -0.05) is 18.2 Å². The van der Waals surface area contributed by atoms with E-state index in [1.165, 1.54) is 7.11 Å². The smallest absolute Gasteiger partial charge is 0.340 e. The Morgan fingerprint density at radius 1 is 1.38 bits per heavy atom. The number of fused-ring (bicyclic) bond motifs is 1. The molecule has 1 fully saturated rings. The molecule has 3 aromatic rings. The summed E-state index contributed by atoms with van der Waals surface area (Å²) in [6, 6.07) is 6.30. The van der Waals surface area contributed by atoms with Gasteiger partial charge in [-0.15, -0.1) is 0 Å². The van der Waals surface area contributed by atoms with E-state index < -0.39 is 0 Å². The summed E-state index contributed by atoms with van der Waals surface area (Å²) < 4.78 is 14.2. The van der Waals surface area contributed by atoms with E-state index in [-0.39, 0.29) is 5.97 Å². The van der Waals surface area contributed by atoms with Crippen LogP contribution in [0.3, 0.4) is 0 Å². The van der Waals surface area contributed by atoms with Crippen molar-refractivity contribution in [3.8, 4) is 11.1 Å². The second kappa shape index (κ2) is 5.49. The lowest BCUT2D eigenvalue weighted by Crippen LogP contribution is -2.30. The Hall–Kier alpha value is -2.60. The van der Waals surface area contributed by atoms with E-state index in [4.69, 9.17) is 9.47 Å². The molecule has 0 unspecified atom stereocenters. The van der Waals surface area contributed by atoms with Crippen LogP contribution in [0.15, 0.2) is 30.6 Å². The molecule has 1 saturated heterocycles. The summed E-state index contributed by atoms with van der Waals surface area (Å²) in [4.78, 5) is 12.2. The summed E-state index contributed by atoms with van der Waals surface area (Å²) in [6.07, 6.45) is 3.91. The van der Waals surface area contributed by atoms with Crippen LogP contribution in [0.1, 0.15) is 22.1 Å². The minimum absolute atomic E-state index is 0.308. The molecule has 1 aliphatic heterocycles.